The number of benzene rings is 1. The summed E-state index contributed by atoms with van der Waals surface area (Å²) in [5.74, 6) is -0.0630. The van der Waals surface area contributed by atoms with Crippen LogP contribution in [0.25, 0.3) is 0 Å². The molecule has 1 unspecified atom stereocenters. The number of nitrogens with one attached hydrogen (secondary N) is 2. The number of hydrogen-bond donors (Lipinski definition) is 2. The summed E-state index contributed by atoms with van der Waals surface area (Å²) in [6.45, 7) is 3.13. The fraction of sp³-hybridized carbons (Fsp3) is 0.476. The fourth-order valence-corrected chi connectivity index (χ4v) is 3.99. The van der Waals surface area contributed by atoms with Gasteiger partial charge in [0.15, 0.2) is 0 Å². The van der Waals surface area contributed by atoms with E-state index < -0.39 is 0 Å². The summed E-state index contributed by atoms with van der Waals surface area (Å²) in [4.78, 5) is 27.1. The maximum Gasteiger partial charge on any atom is 0.274 e. The summed E-state index contributed by atoms with van der Waals surface area (Å²) in [7, 11) is 0. The van der Waals surface area contributed by atoms with E-state index in [1.54, 1.807) is 0 Å². The van der Waals surface area contributed by atoms with Crippen molar-refractivity contribution in [1.29, 1.82) is 0 Å². The first-order valence-electron chi connectivity index (χ1n) is 10.1. The summed E-state index contributed by atoms with van der Waals surface area (Å²) in [6, 6.07) is 11.6. The number of amides is 2. The third-order valence-electron chi connectivity index (χ3n) is 5.67. The highest BCUT2D eigenvalue weighted by Crippen LogP contribution is 2.21. The molecule has 1 atom stereocenters. The second kappa shape index (κ2) is 8.56. The van der Waals surface area contributed by atoms with Gasteiger partial charge >= 0.3 is 0 Å². The molecule has 0 radical (unpaired) electrons. The van der Waals surface area contributed by atoms with Gasteiger partial charge < -0.3 is 15.5 Å². The lowest BCUT2D eigenvalue weighted by atomic mass is 9.95. The molecule has 0 aliphatic carbocycles. The maximum absolute atomic E-state index is 12.8. The minimum Gasteiger partial charge on any atom is -0.337 e. The fourth-order valence-electron chi connectivity index (χ4n) is 3.99. The van der Waals surface area contributed by atoms with Crippen LogP contribution in [-0.2, 0) is 4.79 Å². The second-order valence-electron chi connectivity index (χ2n) is 7.60. The highest BCUT2D eigenvalue weighted by Gasteiger charge is 2.29. The zero-order valence-corrected chi connectivity index (χ0v) is 16.0. The van der Waals surface area contributed by atoms with E-state index in [0.29, 0.717) is 37.7 Å². The van der Waals surface area contributed by atoms with E-state index in [1.807, 2.05) is 52.2 Å². The van der Waals surface area contributed by atoms with E-state index in [-0.39, 0.29) is 17.7 Å². The van der Waals surface area contributed by atoms with Crippen molar-refractivity contribution in [1.82, 2.24) is 20.0 Å². The van der Waals surface area contributed by atoms with E-state index in [4.69, 9.17) is 0 Å². The summed E-state index contributed by atoms with van der Waals surface area (Å²) in [5, 5.41) is 10.9. The van der Waals surface area contributed by atoms with Crippen LogP contribution in [0.15, 0.2) is 42.6 Å². The van der Waals surface area contributed by atoms with Crippen LogP contribution < -0.4 is 10.6 Å². The number of carbonyl (C=O) groups excluding carboxylic acids is 2. The first-order chi connectivity index (χ1) is 13.7. The summed E-state index contributed by atoms with van der Waals surface area (Å²) >= 11 is 0. The Morgan fingerprint density at radius 2 is 1.86 bits per heavy atom. The predicted octanol–water partition coefficient (Wildman–Crippen LogP) is 2.30. The molecule has 28 heavy (non-hydrogen) atoms. The molecule has 2 saturated heterocycles. The first kappa shape index (κ1) is 18.7. The number of aromatic nitrogens is 2. The lowest BCUT2D eigenvalue weighted by Crippen LogP contribution is -2.41. The molecule has 0 saturated carbocycles. The molecule has 2 N–H and O–H groups in total. The van der Waals surface area contributed by atoms with Gasteiger partial charge in [-0.1, -0.05) is 18.2 Å². The molecule has 2 aromatic rings. The first-order valence-corrected chi connectivity index (χ1v) is 10.1. The summed E-state index contributed by atoms with van der Waals surface area (Å²) in [6.07, 6.45) is 5.48. The van der Waals surface area contributed by atoms with E-state index in [9.17, 15) is 9.59 Å². The van der Waals surface area contributed by atoms with Gasteiger partial charge in [0, 0.05) is 37.4 Å². The largest absolute Gasteiger partial charge is 0.337 e. The van der Waals surface area contributed by atoms with Gasteiger partial charge in [-0.3, -0.25) is 14.3 Å². The zero-order chi connectivity index (χ0) is 19.3. The number of piperidine rings is 2. The van der Waals surface area contributed by atoms with E-state index in [1.165, 1.54) is 0 Å². The molecule has 3 heterocycles. The van der Waals surface area contributed by atoms with Crippen LogP contribution in [0.2, 0.25) is 0 Å². The van der Waals surface area contributed by atoms with Crippen LogP contribution >= 0.6 is 0 Å². The predicted molar refractivity (Wildman–Crippen MR) is 107 cm³/mol. The van der Waals surface area contributed by atoms with Gasteiger partial charge in [0.25, 0.3) is 5.91 Å². The van der Waals surface area contributed by atoms with E-state index >= 15 is 0 Å². The lowest BCUT2D eigenvalue weighted by molar-refractivity contribution is -0.121. The smallest absolute Gasteiger partial charge is 0.274 e. The molecule has 7 heteroatoms. The molecule has 2 aliphatic heterocycles. The van der Waals surface area contributed by atoms with Crippen molar-refractivity contribution in [3.05, 3.63) is 48.3 Å². The van der Waals surface area contributed by atoms with Crippen LogP contribution in [0.4, 0.5) is 5.69 Å². The number of nitrogens with zero attached hydrogens (tertiary/aromatic N) is 3. The van der Waals surface area contributed by atoms with Crippen LogP contribution in [0.5, 0.6) is 0 Å². The quantitative estimate of drug-likeness (QED) is 0.852. The van der Waals surface area contributed by atoms with Gasteiger partial charge in [-0.2, -0.15) is 5.10 Å². The van der Waals surface area contributed by atoms with Gasteiger partial charge in [-0.25, -0.2) is 0 Å². The normalized spacial score (nSPS) is 20.7. The number of para-hydroxylation sites is 1. The van der Waals surface area contributed by atoms with Crippen molar-refractivity contribution in [3.63, 3.8) is 0 Å². The van der Waals surface area contributed by atoms with Crippen LogP contribution in [0.3, 0.4) is 0 Å². The zero-order valence-electron chi connectivity index (χ0n) is 16.0. The lowest BCUT2D eigenvalue weighted by Gasteiger charge is -2.31. The van der Waals surface area contributed by atoms with E-state index in [0.717, 1.165) is 31.6 Å². The van der Waals surface area contributed by atoms with Crippen LogP contribution in [0.1, 0.15) is 42.2 Å². The van der Waals surface area contributed by atoms with Gasteiger partial charge in [-0.15, -0.1) is 0 Å². The van der Waals surface area contributed by atoms with Crippen molar-refractivity contribution in [2.75, 3.05) is 31.5 Å². The Morgan fingerprint density at radius 3 is 2.57 bits per heavy atom. The standard InChI is InChI=1S/C21H27N5O2/c27-20(23-17-5-2-1-3-6-17)16-8-12-25(13-9-16)21(28)19-10-14-26(24-19)18-7-4-11-22-15-18/h1-3,5-6,10,14,16,18,22H,4,7-9,11-13,15H2,(H,23,27). The van der Waals surface area contributed by atoms with Crippen molar-refractivity contribution in [2.24, 2.45) is 5.92 Å². The Bertz CT molecular complexity index is 805. The Kier molecular flexibility index (Phi) is 5.71. The monoisotopic (exact) mass is 381 g/mol. The third-order valence-corrected chi connectivity index (χ3v) is 5.67. The second-order valence-corrected chi connectivity index (χ2v) is 7.60. The number of carbonyl (C=O) groups is 2. The Labute approximate surface area is 165 Å². The van der Waals surface area contributed by atoms with Gasteiger partial charge in [-0.05, 0) is 50.4 Å². The number of anilines is 1. The summed E-state index contributed by atoms with van der Waals surface area (Å²) < 4.78 is 1.92. The number of rotatable bonds is 4. The molecule has 1 aromatic heterocycles. The van der Waals surface area contributed by atoms with Crippen LogP contribution in [-0.4, -0.2) is 52.7 Å². The third kappa shape index (κ3) is 4.25. The minimum absolute atomic E-state index is 0.0346. The van der Waals surface area contributed by atoms with Crippen molar-refractivity contribution < 1.29 is 9.59 Å². The summed E-state index contributed by atoms with van der Waals surface area (Å²) in [5.41, 5.74) is 1.31. The Balaban J connectivity index is 1.30. The van der Waals surface area contributed by atoms with Gasteiger partial charge in [0.1, 0.15) is 5.69 Å². The molecule has 7 nitrogen and oxygen atoms in total. The minimum atomic E-state index is -0.0601. The molecule has 2 fully saturated rings. The van der Waals surface area contributed by atoms with Gasteiger partial charge in [0.2, 0.25) is 5.91 Å². The average Bonchev–Trinajstić information content (AvgIpc) is 3.25. The topological polar surface area (TPSA) is 79.3 Å². The van der Waals surface area contributed by atoms with E-state index in [2.05, 4.69) is 15.7 Å². The highest BCUT2D eigenvalue weighted by molar-refractivity contribution is 5.94. The molecule has 0 bridgehead atoms. The molecule has 0 spiro atoms. The molecule has 1 aromatic carbocycles. The molecule has 2 amide bonds. The van der Waals surface area contributed by atoms with Gasteiger partial charge in [0.05, 0.1) is 6.04 Å². The molecular weight excluding hydrogens is 354 g/mol. The molecule has 2 aliphatic rings. The molecule has 148 valence electrons. The average molecular weight is 381 g/mol. The number of hydrogen-bond acceptors (Lipinski definition) is 4. The van der Waals surface area contributed by atoms with Crippen molar-refractivity contribution in [3.8, 4) is 0 Å². The SMILES string of the molecule is O=C(Nc1ccccc1)C1CCN(C(=O)c2ccn(C3CCCNC3)n2)CC1. The molecule has 4 rings (SSSR count). The maximum atomic E-state index is 12.8. The highest BCUT2D eigenvalue weighted by atomic mass is 16.2. The van der Waals surface area contributed by atoms with Crippen molar-refractivity contribution >= 4 is 17.5 Å². The van der Waals surface area contributed by atoms with Crippen LogP contribution in [0, 0.1) is 5.92 Å². The van der Waals surface area contributed by atoms with Crippen molar-refractivity contribution in [2.45, 2.75) is 31.7 Å². The Morgan fingerprint density at radius 1 is 1.07 bits per heavy atom. The number of likely N-dealkylation sites (tertiary alicyclic amines) is 1. The molecular formula is C21H27N5O2. The Hall–Kier alpha value is -2.67.